The van der Waals surface area contributed by atoms with Crippen LogP contribution in [0.15, 0.2) is 133 Å². The second-order valence-electron chi connectivity index (χ2n) is 31.1. The van der Waals surface area contributed by atoms with Gasteiger partial charge in [-0.2, -0.15) is 0 Å². The van der Waals surface area contributed by atoms with Crippen LogP contribution in [0.1, 0.15) is 206 Å². The first-order chi connectivity index (χ1) is 38.3. The van der Waals surface area contributed by atoms with Gasteiger partial charge in [-0.3, -0.25) is 0 Å². The molecule has 8 aliphatic rings. The monoisotopic (exact) mass is 1080 g/mol. The molecule has 0 N–H and O–H groups in total. The summed E-state index contributed by atoms with van der Waals surface area (Å²) in [6.07, 6.45) is 12.1. The van der Waals surface area contributed by atoms with E-state index in [1.165, 1.54) is 151 Å². The van der Waals surface area contributed by atoms with Crippen molar-refractivity contribution >= 4 is 95.0 Å². The average Bonchev–Trinajstić information content (AvgIpc) is 3.86. The van der Waals surface area contributed by atoms with E-state index in [2.05, 4.69) is 256 Å². The normalized spacial score (nSPS) is 24.0. The van der Waals surface area contributed by atoms with Crippen molar-refractivity contribution < 1.29 is 0 Å². The Balaban J connectivity index is 1.12. The molecule has 1 saturated carbocycles. The van der Waals surface area contributed by atoms with Gasteiger partial charge in [-0.1, -0.05) is 152 Å². The van der Waals surface area contributed by atoms with E-state index in [1.807, 2.05) is 0 Å². The summed E-state index contributed by atoms with van der Waals surface area (Å²) in [6.45, 7) is 35.2. The smallest absolute Gasteiger partial charge is 0.254 e. The molecule has 0 radical (unpaired) electrons. The van der Waals surface area contributed by atoms with Crippen molar-refractivity contribution in [1.29, 1.82) is 0 Å². The number of rotatable bonds is 5. The van der Waals surface area contributed by atoms with E-state index in [9.17, 15) is 0 Å². The number of hydrogen-bond donors (Lipinski definition) is 0. The molecule has 0 amide bonds. The van der Waals surface area contributed by atoms with Crippen molar-refractivity contribution in [3.8, 4) is 0 Å². The number of para-hydroxylation sites is 2. The van der Waals surface area contributed by atoms with Crippen LogP contribution in [-0.4, -0.2) is 6.71 Å². The average molecular weight is 1080 g/mol. The minimum Gasteiger partial charge on any atom is -0.311 e. The van der Waals surface area contributed by atoms with Gasteiger partial charge in [0.15, 0.2) is 0 Å². The largest absolute Gasteiger partial charge is 0.311 e. The van der Waals surface area contributed by atoms with Crippen LogP contribution in [-0.2, 0) is 43.3 Å². The van der Waals surface area contributed by atoms with Gasteiger partial charge in [0.25, 0.3) is 6.71 Å². The number of nitrogens with zero attached hydrogens (tertiary/aromatic N) is 3. The summed E-state index contributed by atoms with van der Waals surface area (Å²) in [5, 5.41) is 2.84. The van der Waals surface area contributed by atoms with Crippen molar-refractivity contribution in [2.75, 3.05) is 14.7 Å². The fourth-order valence-corrected chi connectivity index (χ4v) is 18.5. The molecule has 1 aromatic heterocycles. The fourth-order valence-electron chi connectivity index (χ4n) is 17.2. The molecule has 5 heteroatoms. The van der Waals surface area contributed by atoms with Crippen LogP contribution in [0.2, 0.25) is 0 Å². The second kappa shape index (κ2) is 16.8. The van der Waals surface area contributed by atoms with Gasteiger partial charge in [0.05, 0.1) is 10.7 Å². The lowest BCUT2D eigenvalue weighted by Gasteiger charge is -2.52. The standard InChI is InChI=1S/C76H84BN3S/c1-69(2)29-31-71(5,6)55-39-49(25-27-53(55)69)79-62-45-58-57(73(9,10)33-34-74(58,11)12)44-61(62)77-66-52-43-59-60(76(14)37-35-75(59,13)36-38-76)46-65(52)81-68(66)80(50-26-28-54-56(40-50)72(7,8)32-30-70(54,3)4)64-42-51(41-63(79)67(64)77)78(47-21-17-15-18-22-47)48-23-19-16-20-24-48/h15-28,39-46H,29-38H2,1-14H3. The first-order valence-electron chi connectivity index (χ1n) is 31.1. The minimum absolute atomic E-state index is 0.00781. The van der Waals surface area contributed by atoms with Crippen molar-refractivity contribution in [3.05, 3.63) is 178 Å². The maximum absolute atomic E-state index is 2.79. The first kappa shape index (κ1) is 51.8. The summed E-state index contributed by atoms with van der Waals surface area (Å²) < 4.78 is 1.44. The summed E-state index contributed by atoms with van der Waals surface area (Å²) in [6, 6.07) is 53.9. The summed E-state index contributed by atoms with van der Waals surface area (Å²) in [5.41, 5.74) is 27.2. The van der Waals surface area contributed by atoms with Crippen molar-refractivity contribution in [2.24, 2.45) is 0 Å². The van der Waals surface area contributed by atoms with E-state index in [0.29, 0.717) is 0 Å². The predicted octanol–water partition coefficient (Wildman–Crippen LogP) is 19.6. The SMILES string of the molecule is CC1(C)CCC(C)(C)c2cc(N3c4cc5c(cc4B4c6c3cc(N(c3ccccc3)c3ccccc3)cc6N(c3ccc6c(c3)C(C)(C)CCC6(C)C)c3sc6cc7c(cc6c34)C3(C)CCC7(C)CC3)C(C)(C)CCC5(C)C)ccc21. The molecule has 1 fully saturated rings. The van der Waals surface area contributed by atoms with Gasteiger partial charge in [-0.25, -0.2) is 0 Å². The van der Waals surface area contributed by atoms with E-state index in [4.69, 9.17) is 0 Å². The fraction of sp³-hybridized carbons (Fsp3) is 0.421. The number of fused-ring (bicyclic) bond motifs is 11. The molecule has 412 valence electrons. The third kappa shape index (κ3) is 7.44. The topological polar surface area (TPSA) is 9.72 Å². The molecular weight excluding hydrogens is 998 g/mol. The Morgan fingerprint density at radius 2 is 0.778 bits per heavy atom. The molecule has 2 bridgehead atoms. The van der Waals surface area contributed by atoms with Crippen LogP contribution in [0.3, 0.4) is 0 Å². The van der Waals surface area contributed by atoms with Crippen LogP contribution in [0.4, 0.5) is 50.5 Å². The van der Waals surface area contributed by atoms with Gasteiger partial charge < -0.3 is 14.7 Å². The lowest BCUT2D eigenvalue weighted by atomic mass is 9.33. The molecule has 81 heavy (non-hydrogen) atoms. The van der Waals surface area contributed by atoms with Gasteiger partial charge in [-0.05, 0) is 253 Å². The number of hydrogen-bond acceptors (Lipinski definition) is 4. The maximum Gasteiger partial charge on any atom is 0.254 e. The van der Waals surface area contributed by atoms with Crippen LogP contribution in [0.25, 0.3) is 10.1 Å². The molecule has 2 aliphatic heterocycles. The van der Waals surface area contributed by atoms with Crippen LogP contribution in [0, 0.1) is 0 Å². The van der Waals surface area contributed by atoms with E-state index in [0.717, 1.165) is 23.5 Å². The van der Waals surface area contributed by atoms with Crippen molar-refractivity contribution in [3.63, 3.8) is 0 Å². The molecule has 0 saturated heterocycles. The lowest BCUT2D eigenvalue weighted by Crippen LogP contribution is -2.61. The highest BCUT2D eigenvalue weighted by atomic mass is 32.1. The Hall–Kier alpha value is -6.04. The molecule has 0 atom stereocenters. The molecule has 7 aromatic carbocycles. The Labute approximate surface area is 489 Å². The van der Waals surface area contributed by atoms with E-state index >= 15 is 0 Å². The molecule has 8 aromatic rings. The summed E-state index contributed by atoms with van der Waals surface area (Å²) in [4.78, 5) is 8.09. The van der Waals surface area contributed by atoms with Gasteiger partial charge in [0.2, 0.25) is 0 Å². The highest BCUT2D eigenvalue weighted by molar-refractivity contribution is 7.26. The highest BCUT2D eigenvalue weighted by Gasteiger charge is 2.52. The zero-order valence-corrected chi connectivity index (χ0v) is 51.9. The lowest BCUT2D eigenvalue weighted by molar-refractivity contribution is 0.188. The van der Waals surface area contributed by atoms with Gasteiger partial charge in [0.1, 0.15) is 0 Å². The van der Waals surface area contributed by atoms with Crippen molar-refractivity contribution in [1.82, 2.24) is 0 Å². The van der Waals surface area contributed by atoms with E-state index < -0.39 is 0 Å². The quantitative estimate of drug-likeness (QED) is 0.159. The minimum atomic E-state index is -0.00781. The summed E-state index contributed by atoms with van der Waals surface area (Å²) in [7, 11) is 0. The second-order valence-corrected chi connectivity index (χ2v) is 32.1. The third-order valence-electron chi connectivity index (χ3n) is 23.0. The third-order valence-corrected chi connectivity index (χ3v) is 24.2. The first-order valence-corrected chi connectivity index (χ1v) is 31.9. The van der Waals surface area contributed by atoms with Crippen LogP contribution < -0.4 is 31.1 Å². The predicted molar refractivity (Wildman–Crippen MR) is 350 cm³/mol. The van der Waals surface area contributed by atoms with Crippen molar-refractivity contribution in [2.45, 2.75) is 204 Å². The summed E-state index contributed by atoms with van der Waals surface area (Å²) >= 11 is 2.07. The highest BCUT2D eigenvalue weighted by Crippen LogP contribution is 2.60. The van der Waals surface area contributed by atoms with E-state index in [-0.39, 0.29) is 50.0 Å². The van der Waals surface area contributed by atoms with Gasteiger partial charge >= 0.3 is 0 Å². The van der Waals surface area contributed by atoms with Crippen LogP contribution in [0.5, 0.6) is 0 Å². The molecule has 16 rings (SSSR count). The molecular formula is C76H84BN3S. The van der Waals surface area contributed by atoms with Gasteiger partial charge in [0, 0.05) is 44.5 Å². The maximum atomic E-state index is 2.79. The molecule has 0 spiro atoms. The molecule has 6 aliphatic carbocycles. The van der Waals surface area contributed by atoms with Crippen LogP contribution >= 0.6 is 11.3 Å². The van der Waals surface area contributed by atoms with E-state index in [1.54, 1.807) is 11.1 Å². The Morgan fingerprint density at radius 3 is 1.27 bits per heavy atom. The zero-order chi connectivity index (χ0) is 56.3. The number of benzene rings is 7. The summed E-state index contributed by atoms with van der Waals surface area (Å²) in [5.74, 6) is 0. The molecule has 3 nitrogen and oxygen atoms in total. The number of thiophene rings is 1. The number of anilines is 9. The van der Waals surface area contributed by atoms with Gasteiger partial charge in [-0.15, -0.1) is 11.3 Å². The zero-order valence-electron chi connectivity index (χ0n) is 51.1. The Morgan fingerprint density at radius 1 is 0.358 bits per heavy atom. The Kier molecular flexibility index (Phi) is 10.8. The molecule has 0 unspecified atom stereocenters. The Bertz CT molecular complexity index is 3910. The molecule has 3 heterocycles.